The molecule has 0 aromatic heterocycles. The lowest BCUT2D eigenvalue weighted by Crippen LogP contribution is -2.46. The summed E-state index contributed by atoms with van der Waals surface area (Å²) in [5.74, 6) is -0.0355. The van der Waals surface area contributed by atoms with Crippen molar-refractivity contribution < 1.29 is 4.79 Å². The molecule has 2 rings (SSSR count). The van der Waals surface area contributed by atoms with Crippen LogP contribution in [0.5, 0.6) is 0 Å². The van der Waals surface area contributed by atoms with Crippen molar-refractivity contribution in [1.29, 1.82) is 0 Å². The summed E-state index contributed by atoms with van der Waals surface area (Å²) >= 11 is 0. The molecule has 1 aromatic rings. The molecule has 34 heavy (non-hydrogen) atoms. The zero-order valence-corrected chi connectivity index (χ0v) is 21.5. The van der Waals surface area contributed by atoms with Crippen molar-refractivity contribution >= 4 is 5.91 Å². The standard InChI is InChI=1S/C27H46N6O/c1-21(2)30-15-9-13-25(23(4)33-17-10-14-29-16-18-33)32-27(34)20-31-22(3)26(28-5)19-24-11-7-6-8-12-24/h6-8,11-12,21,25-26,28-31H,3-4,9-10,13-20H2,1-2,5H3,(H,32,34). The first-order valence-corrected chi connectivity index (χ1v) is 12.7. The Morgan fingerprint density at radius 3 is 2.59 bits per heavy atom. The van der Waals surface area contributed by atoms with Gasteiger partial charge in [0.25, 0.3) is 0 Å². The minimum Gasteiger partial charge on any atom is -0.379 e. The second kappa shape index (κ2) is 15.5. The molecule has 2 atom stereocenters. The van der Waals surface area contributed by atoms with Crippen molar-refractivity contribution in [2.45, 2.75) is 57.7 Å². The second-order valence-electron chi connectivity index (χ2n) is 9.36. The molecular weight excluding hydrogens is 424 g/mol. The fourth-order valence-corrected chi connectivity index (χ4v) is 4.18. The summed E-state index contributed by atoms with van der Waals surface area (Å²) in [4.78, 5) is 15.2. The number of hydrogen-bond donors (Lipinski definition) is 5. The number of hydrogen-bond acceptors (Lipinski definition) is 6. The Balaban J connectivity index is 1.89. The summed E-state index contributed by atoms with van der Waals surface area (Å²) in [5.41, 5.74) is 3.06. The van der Waals surface area contributed by atoms with Crippen LogP contribution in [-0.4, -0.2) is 75.2 Å². The van der Waals surface area contributed by atoms with Crippen LogP contribution in [0.25, 0.3) is 0 Å². The summed E-state index contributed by atoms with van der Waals surface area (Å²) in [7, 11) is 1.92. The fraction of sp³-hybridized carbons (Fsp3) is 0.593. The first-order chi connectivity index (χ1) is 16.4. The van der Waals surface area contributed by atoms with Gasteiger partial charge in [-0.25, -0.2) is 0 Å². The Morgan fingerprint density at radius 2 is 1.88 bits per heavy atom. The molecule has 0 radical (unpaired) electrons. The number of likely N-dealkylation sites (N-methyl/N-ethyl adjacent to an activating group) is 1. The van der Waals surface area contributed by atoms with Gasteiger partial charge in [-0.15, -0.1) is 0 Å². The van der Waals surface area contributed by atoms with Crippen LogP contribution in [0.1, 0.15) is 38.7 Å². The van der Waals surface area contributed by atoms with E-state index in [1.165, 1.54) is 5.56 Å². The average molecular weight is 471 g/mol. The molecule has 0 aliphatic carbocycles. The number of nitrogens with one attached hydrogen (secondary N) is 5. The third kappa shape index (κ3) is 10.3. The van der Waals surface area contributed by atoms with Gasteiger partial charge in [-0.05, 0) is 51.4 Å². The van der Waals surface area contributed by atoms with Gasteiger partial charge in [0, 0.05) is 37.1 Å². The van der Waals surface area contributed by atoms with E-state index in [9.17, 15) is 4.79 Å². The maximum absolute atomic E-state index is 12.9. The molecule has 7 nitrogen and oxygen atoms in total. The van der Waals surface area contributed by atoms with Crippen LogP contribution in [-0.2, 0) is 11.2 Å². The Bertz CT molecular complexity index is 743. The largest absolute Gasteiger partial charge is 0.379 e. The first-order valence-electron chi connectivity index (χ1n) is 12.7. The van der Waals surface area contributed by atoms with E-state index < -0.39 is 0 Å². The van der Waals surface area contributed by atoms with Gasteiger partial charge in [0.2, 0.25) is 5.91 Å². The van der Waals surface area contributed by atoms with Crippen molar-refractivity contribution in [1.82, 2.24) is 31.5 Å². The molecule has 1 heterocycles. The Hall–Kier alpha value is -2.35. The quantitative estimate of drug-likeness (QED) is 0.252. The van der Waals surface area contributed by atoms with E-state index in [1.807, 2.05) is 25.2 Å². The maximum atomic E-state index is 12.9. The van der Waals surface area contributed by atoms with Gasteiger partial charge in [0.15, 0.2) is 0 Å². The van der Waals surface area contributed by atoms with E-state index in [4.69, 9.17) is 0 Å². The lowest BCUT2D eigenvalue weighted by Gasteiger charge is -2.31. The highest BCUT2D eigenvalue weighted by molar-refractivity contribution is 5.79. The smallest absolute Gasteiger partial charge is 0.239 e. The zero-order valence-electron chi connectivity index (χ0n) is 21.5. The van der Waals surface area contributed by atoms with E-state index in [2.05, 4.69) is 70.6 Å². The zero-order chi connectivity index (χ0) is 24.8. The van der Waals surface area contributed by atoms with Gasteiger partial charge in [-0.2, -0.15) is 0 Å². The molecule has 0 bridgehead atoms. The van der Waals surface area contributed by atoms with Crippen molar-refractivity contribution in [3.63, 3.8) is 0 Å². The third-order valence-electron chi connectivity index (χ3n) is 6.23. The van der Waals surface area contributed by atoms with E-state index in [0.29, 0.717) is 6.04 Å². The average Bonchev–Trinajstić information content (AvgIpc) is 3.12. The monoisotopic (exact) mass is 470 g/mol. The third-order valence-corrected chi connectivity index (χ3v) is 6.23. The topological polar surface area (TPSA) is 80.5 Å². The Labute approximate surface area is 206 Å². The summed E-state index contributed by atoms with van der Waals surface area (Å²) in [6, 6.07) is 10.7. The van der Waals surface area contributed by atoms with Crippen LogP contribution in [0.4, 0.5) is 0 Å². The van der Waals surface area contributed by atoms with Gasteiger partial charge in [0.05, 0.1) is 18.6 Å². The Kier molecular flexibility index (Phi) is 12.7. The summed E-state index contributed by atoms with van der Waals surface area (Å²) in [6.07, 6.45) is 3.74. The number of rotatable bonds is 15. The van der Waals surface area contributed by atoms with E-state index in [0.717, 1.165) is 69.8 Å². The first kappa shape index (κ1) is 27.9. The lowest BCUT2D eigenvalue weighted by atomic mass is 10.0. The number of amides is 1. The molecule has 190 valence electrons. The van der Waals surface area contributed by atoms with Crippen LogP contribution >= 0.6 is 0 Å². The molecule has 0 spiro atoms. The van der Waals surface area contributed by atoms with Gasteiger partial charge in [0.1, 0.15) is 0 Å². The molecule has 0 saturated carbocycles. The number of carbonyl (C=O) groups excluding carboxylic acids is 1. The normalized spacial score (nSPS) is 15.9. The fourth-order valence-electron chi connectivity index (χ4n) is 4.18. The predicted octanol–water partition coefficient (Wildman–Crippen LogP) is 1.99. The molecule has 1 aliphatic rings. The molecule has 1 saturated heterocycles. The molecule has 1 aliphatic heterocycles. The van der Waals surface area contributed by atoms with E-state index in [-0.39, 0.29) is 24.5 Å². The van der Waals surface area contributed by atoms with Gasteiger partial charge >= 0.3 is 0 Å². The molecule has 7 heteroatoms. The highest BCUT2D eigenvalue weighted by Gasteiger charge is 2.21. The van der Waals surface area contributed by atoms with Gasteiger partial charge < -0.3 is 31.5 Å². The number of nitrogens with zero attached hydrogens (tertiary/aromatic N) is 1. The highest BCUT2D eigenvalue weighted by Crippen LogP contribution is 2.14. The molecule has 2 unspecified atom stereocenters. The lowest BCUT2D eigenvalue weighted by molar-refractivity contribution is -0.120. The predicted molar refractivity (Wildman–Crippen MR) is 143 cm³/mol. The number of carbonyl (C=O) groups is 1. The van der Waals surface area contributed by atoms with E-state index >= 15 is 0 Å². The molecule has 1 aromatic carbocycles. The summed E-state index contributed by atoms with van der Waals surface area (Å²) in [6.45, 7) is 17.9. The molecular formula is C27H46N6O. The molecule has 1 fully saturated rings. The van der Waals surface area contributed by atoms with E-state index in [1.54, 1.807) is 0 Å². The van der Waals surface area contributed by atoms with Crippen LogP contribution in [0.15, 0.2) is 54.9 Å². The van der Waals surface area contributed by atoms with Crippen LogP contribution in [0, 0.1) is 0 Å². The second-order valence-corrected chi connectivity index (χ2v) is 9.36. The van der Waals surface area contributed by atoms with Crippen molar-refractivity contribution in [2.24, 2.45) is 0 Å². The summed E-state index contributed by atoms with van der Waals surface area (Å²) < 4.78 is 0. The highest BCUT2D eigenvalue weighted by atomic mass is 16.2. The van der Waals surface area contributed by atoms with Crippen molar-refractivity contribution in [2.75, 3.05) is 46.3 Å². The Morgan fingerprint density at radius 1 is 1.12 bits per heavy atom. The number of benzene rings is 1. The van der Waals surface area contributed by atoms with Gasteiger partial charge in [-0.3, -0.25) is 4.79 Å². The van der Waals surface area contributed by atoms with Crippen LogP contribution < -0.4 is 26.6 Å². The maximum Gasteiger partial charge on any atom is 0.239 e. The molecule has 5 N–H and O–H groups in total. The van der Waals surface area contributed by atoms with Crippen molar-refractivity contribution in [3.05, 3.63) is 60.4 Å². The van der Waals surface area contributed by atoms with Crippen LogP contribution in [0.2, 0.25) is 0 Å². The minimum absolute atomic E-state index is 0.0355. The van der Waals surface area contributed by atoms with Crippen LogP contribution in [0.3, 0.4) is 0 Å². The summed E-state index contributed by atoms with van der Waals surface area (Å²) in [5, 5.41) is 16.7. The SMILES string of the molecule is C=C(NCC(=O)NC(CCCNC(C)C)C(=C)N1CCCNCC1)C(Cc1ccccc1)NC. The van der Waals surface area contributed by atoms with Gasteiger partial charge in [-0.1, -0.05) is 57.3 Å². The molecule has 1 amide bonds. The van der Waals surface area contributed by atoms with Crippen molar-refractivity contribution in [3.8, 4) is 0 Å². The minimum atomic E-state index is -0.0703.